The van der Waals surface area contributed by atoms with Crippen molar-refractivity contribution in [2.45, 2.75) is 114 Å². The molecule has 66 heavy (non-hydrogen) atoms. The van der Waals surface area contributed by atoms with Gasteiger partial charge in [-0.15, -0.1) is 0 Å². The standard InChI is InChI=1S/C50H60F2N8O5S/c1-32(2)38-8-5-6-9-39(38)43-10-7-19-59(43)35-28-49(29-35)14-20-58(21-15-49)44-27-46(65-36-24-34-13-18-53-47(34)54-30-36)40(26-41(44)51)48(61)56-66(64)37-11-12-42(45(25-37)60(62)63)55-31-50(52)16-22-57(23-17-50)33(3)4/h5-6,8-9,11-13,18,24-27,30,32-33,35,43,55H,7,10,14-17,19-23,28-29,31H2,1-4H3,(H,53,54)(H,56,61). The van der Waals surface area contributed by atoms with Crippen LogP contribution in [0.4, 0.5) is 25.8 Å². The monoisotopic (exact) mass is 922 g/mol. The number of aromatic amines is 1. The summed E-state index contributed by atoms with van der Waals surface area (Å²) in [6.45, 7) is 12.1. The largest absolute Gasteiger partial charge is 0.455 e. The minimum atomic E-state index is -2.30. The van der Waals surface area contributed by atoms with Gasteiger partial charge in [-0.1, -0.05) is 38.1 Å². The summed E-state index contributed by atoms with van der Waals surface area (Å²) in [6.07, 6.45) is 10.3. The number of halogens is 2. The van der Waals surface area contributed by atoms with E-state index in [1.807, 2.05) is 11.0 Å². The molecule has 5 aromatic rings. The summed E-state index contributed by atoms with van der Waals surface area (Å²) >= 11 is 0. The number of pyridine rings is 1. The highest BCUT2D eigenvalue weighted by atomic mass is 32.2. The van der Waals surface area contributed by atoms with Gasteiger partial charge in [0.1, 0.15) is 34.3 Å². The molecule has 2 atom stereocenters. The lowest BCUT2D eigenvalue weighted by Crippen LogP contribution is -2.55. The minimum Gasteiger partial charge on any atom is -0.455 e. The van der Waals surface area contributed by atoms with Gasteiger partial charge in [0.15, 0.2) is 11.0 Å². The third kappa shape index (κ3) is 9.41. The van der Waals surface area contributed by atoms with Crippen molar-refractivity contribution in [1.82, 2.24) is 24.5 Å². The number of likely N-dealkylation sites (tertiary alicyclic amines) is 2. The van der Waals surface area contributed by atoms with Crippen LogP contribution in [0.25, 0.3) is 11.0 Å². The Morgan fingerprint density at radius 3 is 2.48 bits per heavy atom. The van der Waals surface area contributed by atoms with Gasteiger partial charge in [-0.05, 0) is 125 Å². The second-order valence-corrected chi connectivity index (χ2v) is 20.7. The number of rotatable bonds is 14. The molecule has 3 N–H and O–H groups in total. The second kappa shape index (κ2) is 18.7. The van der Waals surface area contributed by atoms with Crippen LogP contribution in [-0.4, -0.2) is 91.8 Å². The lowest BCUT2D eigenvalue weighted by molar-refractivity contribution is -0.384. The number of ether oxygens (including phenoxy) is 1. The second-order valence-electron chi connectivity index (χ2n) is 19.5. The summed E-state index contributed by atoms with van der Waals surface area (Å²) in [7, 11) is -2.30. The molecule has 1 spiro atoms. The molecule has 1 aliphatic carbocycles. The third-order valence-electron chi connectivity index (χ3n) is 14.7. The van der Waals surface area contributed by atoms with Crippen LogP contribution in [0.15, 0.2) is 84.0 Å². The molecule has 2 aromatic heterocycles. The zero-order chi connectivity index (χ0) is 46.3. The Balaban J connectivity index is 0.894. The molecule has 4 fully saturated rings. The van der Waals surface area contributed by atoms with Crippen LogP contribution >= 0.6 is 0 Å². The highest BCUT2D eigenvalue weighted by Crippen LogP contribution is 2.54. The van der Waals surface area contributed by atoms with Crippen LogP contribution in [0.3, 0.4) is 0 Å². The first-order valence-electron chi connectivity index (χ1n) is 23.4. The van der Waals surface area contributed by atoms with Crippen LogP contribution in [0, 0.1) is 21.3 Å². The van der Waals surface area contributed by atoms with Crippen molar-refractivity contribution >= 4 is 45.0 Å². The number of nitro groups is 1. The number of hydrogen-bond acceptors (Lipinski definition) is 10. The molecule has 2 unspecified atom stereocenters. The Kier molecular flexibility index (Phi) is 12.9. The molecule has 3 aromatic carbocycles. The van der Waals surface area contributed by atoms with Crippen molar-refractivity contribution in [3.63, 3.8) is 0 Å². The minimum absolute atomic E-state index is 0.0354. The molecule has 9 rings (SSSR count). The van der Waals surface area contributed by atoms with Crippen molar-refractivity contribution in [3.8, 4) is 11.5 Å². The molecule has 1 saturated carbocycles. The maximum Gasteiger partial charge on any atom is 0.293 e. The molecule has 16 heteroatoms. The number of alkyl halides is 1. The molecule has 3 aliphatic heterocycles. The number of aromatic nitrogens is 2. The lowest BCUT2D eigenvalue weighted by Gasteiger charge is -2.56. The number of H-pyrrole nitrogens is 1. The number of carbonyl (C=O) groups is 1. The SMILES string of the molecule is CC(C)c1ccccc1C1CCCN1C1CC2(CCN(c3cc(Oc4cnc5[nH]ccc5c4)c(C(=O)NS(=O)c4ccc(NCC5(F)CCN(C(C)C)CC5)c([N+](=O)[O-])c4)cc3F)CC2)C1. The zero-order valence-corrected chi connectivity index (χ0v) is 39.0. The molecule has 5 heterocycles. The quantitative estimate of drug-likeness (QED) is 0.0726. The first kappa shape index (κ1) is 45.7. The van der Waals surface area contributed by atoms with E-state index in [4.69, 9.17) is 4.74 Å². The number of hydrogen-bond donors (Lipinski definition) is 3. The zero-order valence-electron chi connectivity index (χ0n) is 38.2. The average molecular weight is 923 g/mol. The van der Waals surface area contributed by atoms with Crippen LogP contribution in [0.5, 0.6) is 11.5 Å². The van der Waals surface area contributed by atoms with Gasteiger partial charge in [-0.2, -0.15) is 0 Å². The van der Waals surface area contributed by atoms with E-state index in [2.05, 4.69) is 81.8 Å². The third-order valence-corrected chi connectivity index (χ3v) is 15.8. The fourth-order valence-corrected chi connectivity index (χ4v) is 11.7. The topological polar surface area (TPSA) is 149 Å². The van der Waals surface area contributed by atoms with Gasteiger partial charge < -0.3 is 24.8 Å². The van der Waals surface area contributed by atoms with Crippen LogP contribution in [0.1, 0.15) is 113 Å². The van der Waals surface area contributed by atoms with E-state index in [1.54, 1.807) is 12.3 Å². The summed E-state index contributed by atoms with van der Waals surface area (Å²) in [4.78, 5) is 39.9. The van der Waals surface area contributed by atoms with Gasteiger partial charge in [0.2, 0.25) is 0 Å². The van der Waals surface area contributed by atoms with E-state index in [0.29, 0.717) is 80.1 Å². The Morgan fingerprint density at radius 1 is 1.00 bits per heavy atom. The Hall–Kier alpha value is -5.45. The van der Waals surface area contributed by atoms with E-state index >= 15 is 8.78 Å². The van der Waals surface area contributed by atoms with E-state index < -0.39 is 39.0 Å². The number of benzene rings is 3. The van der Waals surface area contributed by atoms with Gasteiger partial charge in [0.25, 0.3) is 11.6 Å². The number of piperidine rings is 2. The van der Waals surface area contributed by atoms with Crippen LogP contribution in [0.2, 0.25) is 0 Å². The van der Waals surface area contributed by atoms with E-state index in [1.165, 1.54) is 48.4 Å². The summed E-state index contributed by atoms with van der Waals surface area (Å²) in [5.41, 5.74) is 1.94. The van der Waals surface area contributed by atoms with Crippen LogP contribution < -0.4 is 19.7 Å². The molecule has 0 bridgehead atoms. The maximum absolute atomic E-state index is 16.4. The van der Waals surface area contributed by atoms with Gasteiger partial charge in [0, 0.05) is 74.6 Å². The summed E-state index contributed by atoms with van der Waals surface area (Å²) in [5.74, 6) is -0.721. The lowest BCUT2D eigenvalue weighted by atomic mass is 9.59. The first-order valence-corrected chi connectivity index (χ1v) is 24.6. The molecule has 3 saturated heterocycles. The van der Waals surface area contributed by atoms with Crippen LogP contribution in [-0.2, 0) is 11.0 Å². The highest BCUT2D eigenvalue weighted by Gasteiger charge is 2.50. The number of carbonyl (C=O) groups excluding carboxylic acids is 1. The van der Waals surface area contributed by atoms with Gasteiger partial charge in [0.05, 0.1) is 27.3 Å². The van der Waals surface area contributed by atoms with Gasteiger partial charge >= 0.3 is 0 Å². The average Bonchev–Trinajstić information content (AvgIpc) is 3.98. The Labute approximate surface area is 387 Å². The molecule has 4 aliphatic rings. The van der Waals surface area contributed by atoms with Crippen molar-refractivity contribution in [3.05, 3.63) is 112 Å². The van der Waals surface area contributed by atoms with Crippen molar-refractivity contribution < 1.29 is 27.4 Å². The molecule has 350 valence electrons. The Morgan fingerprint density at radius 2 is 1.76 bits per heavy atom. The number of nitro benzene ring substituents is 1. The normalized spacial score (nSPS) is 20.5. The highest BCUT2D eigenvalue weighted by molar-refractivity contribution is 7.83. The molecular formula is C50H60F2N8O5S. The number of nitrogens with one attached hydrogen (secondary N) is 3. The molecule has 1 amide bonds. The smallest absolute Gasteiger partial charge is 0.293 e. The molecule has 0 radical (unpaired) electrons. The predicted molar refractivity (Wildman–Crippen MR) is 254 cm³/mol. The van der Waals surface area contributed by atoms with Gasteiger partial charge in [-0.25, -0.2) is 18.0 Å². The van der Waals surface area contributed by atoms with Crippen molar-refractivity contribution in [2.75, 3.05) is 49.5 Å². The van der Waals surface area contributed by atoms with Crippen molar-refractivity contribution in [1.29, 1.82) is 0 Å². The Bertz CT molecular complexity index is 2620. The molecule has 13 nitrogen and oxygen atoms in total. The predicted octanol–water partition coefficient (Wildman–Crippen LogP) is 10.2. The maximum atomic E-state index is 16.4. The summed E-state index contributed by atoms with van der Waals surface area (Å²) in [6, 6.07) is 20.2. The summed E-state index contributed by atoms with van der Waals surface area (Å²) in [5, 5.41) is 15.9. The first-order chi connectivity index (χ1) is 31.7. The number of nitrogens with zero attached hydrogens (tertiary/aromatic N) is 5. The fraction of sp³-hybridized carbons (Fsp3) is 0.480. The fourth-order valence-electron chi connectivity index (χ4n) is 10.9. The number of anilines is 2. The van der Waals surface area contributed by atoms with Crippen molar-refractivity contribution in [2.24, 2.45) is 5.41 Å². The number of amides is 1. The molecular weight excluding hydrogens is 863 g/mol. The number of fused-ring (bicyclic) bond motifs is 1. The van der Waals surface area contributed by atoms with E-state index in [9.17, 15) is 19.1 Å². The van der Waals surface area contributed by atoms with Gasteiger partial charge in [-0.3, -0.25) is 24.5 Å². The van der Waals surface area contributed by atoms with E-state index in [0.717, 1.165) is 49.7 Å². The van der Waals surface area contributed by atoms with E-state index in [-0.39, 0.29) is 33.9 Å². The summed E-state index contributed by atoms with van der Waals surface area (Å²) < 4.78 is 54.5.